The number of aryl methyl sites for hydroxylation is 1. The Kier molecular flexibility index (Phi) is 13.5. The van der Waals surface area contributed by atoms with Crippen LogP contribution in [0.2, 0.25) is 0 Å². The molecule has 1 aliphatic rings. The molecule has 4 aromatic rings. The second kappa shape index (κ2) is 18.1. The minimum Gasteiger partial charge on any atom is -0.497 e. The molecule has 58 heavy (non-hydrogen) atoms. The quantitative estimate of drug-likeness (QED) is 0.0732. The van der Waals surface area contributed by atoms with Crippen molar-refractivity contribution in [3.8, 4) is 5.75 Å². The Morgan fingerprint density at radius 2 is 1.53 bits per heavy atom. The number of carbonyl (C=O) groups excluding carboxylic acids is 5. The van der Waals surface area contributed by atoms with Crippen molar-refractivity contribution < 1.29 is 46.3 Å². The van der Waals surface area contributed by atoms with Gasteiger partial charge in [0, 0.05) is 23.1 Å². The fraction of sp³-hybridized carbons (Fsp3) is 0.405. The SMILES string of the molecule is CCC(C)[C@H](NC(=O)Cc1ccccc1F)C(=O)N[C@]1(C(=O)N[C@H](C(=O)NNC(=O)c2cccc(OC)c2)C(C)CC)CCc2[nH]c3c(C(F)(F)F)cccc3c2C1. The third-order valence-corrected chi connectivity index (χ3v) is 10.9. The highest BCUT2D eigenvalue weighted by molar-refractivity contribution is 6.00. The van der Waals surface area contributed by atoms with Gasteiger partial charge >= 0.3 is 6.18 Å². The maximum atomic E-state index is 14.8. The number of rotatable bonds is 14. The summed E-state index contributed by atoms with van der Waals surface area (Å²) < 4.78 is 61.9. The summed E-state index contributed by atoms with van der Waals surface area (Å²) in [5, 5.41) is 8.55. The molecule has 1 heterocycles. The number of hydrogen-bond donors (Lipinski definition) is 6. The number of carbonyl (C=O) groups is 5. The molecule has 0 spiro atoms. The Morgan fingerprint density at radius 1 is 0.862 bits per heavy atom. The number of alkyl halides is 3. The first-order valence-corrected chi connectivity index (χ1v) is 19.1. The van der Waals surface area contributed by atoms with Crippen LogP contribution < -0.4 is 31.5 Å². The highest BCUT2D eigenvalue weighted by Crippen LogP contribution is 2.40. The maximum Gasteiger partial charge on any atom is 0.418 e. The molecule has 3 aromatic carbocycles. The maximum absolute atomic E-state index is 14.8. The number of nitrogens with one attached hydrogen (secondary N) is 6. The van der Waals surface area contributed by atoms with E-state index in [2.05, 4.69) is 31.8 Å². The molecule has 12 nitrogen and oxygen atoms in total. The van der Waals surface area contributed by atoms with Crippen LogP contribution in [0.1, 0.15) is 79.7 Å². The molecule has 5 atom stereocenters. The van der Waals surface area contributed by atoms with Crippen LogP contribution in [0.5, 0.6) is 5.75 Å². The zero-order chi connectivity index (χ0) is 42.4. The van der Waals surface area contributed by atoms with Gasteiger partial charge in [0.15, 0.2) is 0 Å². The summed E-state index contributed by atoms with van der Waals surface area (Å²) >= 11 is 0. The number of benzene rings is 3. The van der Waals surface area contributed by atoms with Gasteiger partial charge in [-0.15, -0.1) is 0 Å². The van der Waals surface area contributed by atoms with Crippen LogP contribution in [0.15, 0.2) is 66.7 Å². The second-order valence-corrected chi connectivity index (χ2v) is 14.8. The van der Waals surface area contributed by atoms with E-state index in [0.717, 1.165) is 6.07 Å². The molecule has 1 aliphatic carbocycles. The molecule has 0 aliphatic heterocycles. The lowest BCUT2D eigenvalue weighted by Gasteiger charge is -2.39. The van der Waals surface area contributed by atoms with Gasteiger partial charge in [0.1, 0.15) is 29.2 Å². The Bertz CT molecular complexity index is 2170. The summed E-state index contributed by atoms with van der Waals surface area (Å²) in [6.45, 7) is 7.03. The van der Waals surface area contributed by atoms with Crippen LogP contribution in [0.25, 0.3) is 10.9 Å². The van der Waals surface area contributed by atoms with Crippen molar-refractivity contribution in [1.82, 2.24) is 31.8 Å². The van der Waals surface area contributed by atoms with Gasteiger partial charge in [0.05, 0.1) is 24.6 Å². The van der Waals surface area contributed by atoms with Gasteiger partial charge in [-0.1, -0.05) is 76.9 Å². The molecule has 2 unspecified atom stereocenters. The Morgan fingerprint density at radius 3 is 2.19 bits per heavy atom. The number of amides is 5. The Balaban J connectivity index is 1.47. The smallest absolute Gasteiger partial charge is 0.418 e. The van der Waals surface area contributed by atoms with E-state index >= 15 is 0 Å². The summed E-state index contributed by atoms with van der Waals surface area (Å²) in [5.74, 6) is -4.77. The predicted molar refractivity (Wildman–Crippen MR) is 208 cm³/mol. The molecule has 1 aromatic heterocycles. The topological polar surface area (TPSA) is 171 Å². The average molecular weight is 809 g/mol. The monoisotopic (exact) mass is 808 g/mol. The lowest BCUT2D eigenvalue weighted by atomic mass is 9.78. The fourth-order valence-corrected chi connectivity index (χ4v) is 7.13. The van der Waals surface area contributed by atoms with Crippen molar-refractivity contribution in [3.05, 3.63) is 100 Å². The lowest BCUT2D eigenvalue weighted by molar-refractivity contribution is -0.139. The van der Waals surface area contributed by atoms with E-state index in [1.54, 1.807) is 45.9 Å². The third kappa shape index (κ3) is 9.60. The molecular formula is C42H48F4N6O6. The summed E-state index contributed by atoms with van der Waals surface area (Å²) in [6.07, 6.45) is -4.54. The van der Waals surface area contributed by atoms with Crippen molar-refractivity contribution in [2.45, 2.75) is 90.0 Å². The number of para-hydroxylation sites is 1. The molecule has 0 fully saturated rings. The van der Waals surface area contributed by atoms with Crippen molar-refractivity contribution in [3.63, 3.8) is 0 Å². The van der Waals surface area contributed by atoms with Crippen LogP contribution >= 0.6 is 0 Å². The first-order chi connectivity index (χ1) is 27.5. The number of hydrogen-bond acceptors (Lipinski definition) is 6. The average Bonchev–Trinajstić information content (AvgIpc) is 3.58. The molecule has 5 amide bonds. The third-order valence-electron chi connectivity index (χ3n) is 10.9. The largest absolute Gasteiger partial charge is 0.497 e. The van der Waals surface area contributed by atoms with E-state index in [-0.39, 0.29) is 47.7 Å². The lowest BCUT2D eigenvalue weighted by Crippen LogP contribution is -2.67. The van der Waals surface area contributed by atoms with E-state index in [1.807, 2.05) is 0 Å². The zero-order valence-corrected chi connectivity index (χ0v) is 32.9. The Hall–Kier alpha value is -5.93. The standard InChI is InChI=1S/C42H48F4N6O6/c1-6-23(3)34(48-33(53)21-25-12-8-9-17-31(25)43)38(55)50-41(19-18-32-29(22-41)28-15-11-16-30(36(28)47-32)42(44,45)46)40(57)49-35(24(4)7-2)39(56)52-51-37(54)26-13-10-14-27(20-26)58-5/h8-17,20,23-24,34-35,47H,6-7,18-19,21-22H2,1-5H3,(H,48,53)(H,49,57)(H,50,55)(H,51,54)(H,52,56)/t23?,24?,34-,35-,41+/m0/s1. The number of halogens is 4. The van der Waals surface area contributed by atoms with Crippen LogP contribution in [0.3, 0.4) is 0 Å². The summed E-state index contributed by atoms with van der Waals surface area (Å²) in [5.41, 5.74) is 2.97. The minimum atomic E-state index is -4.68. The highest BCUT2D eigenvalue weighted by atomic mass is 19.4. The van der Waals surface area contributed by atoms with Crippen molar-refractivity contribution in [1.29, 1.82) is 0 Å². The van der Waals surface area contributed by atoms with Crippen molar-refractivity contribution >= 4 is 40.4 Å². The molecule has 6 N–H and O–H groups in total. The van der Waals surface area contributed by atoms with Crippen molar-refractivity contribution in [2.75, 3.05) is 7.11 Å². The van der Waals surface area contributed by atoms with Gasteiger partial charge in [-0.05, 0) is 66.1 Å². The number of H-pyrrole nitrogens is 1. The molecule has 0 saturated heterocycles. The van der Waals surface area contributed by atoms with Crippen LogP contribution in [-0.2, 0) is 44.6 Å². The van der Waals surface area contributed by atoms with E-state index < -0.39 is 76.6 Å². The number of fused-ring (bicyclic) bond motifs is 3. The van der Waals surface area contributed by atoms with E-state index in [9.17, 15) is 41.5 Å². The second-order valence-electron chi connectivity index (χ2n) is 14.8. The van der Waals surface area contributed by atoms with Gasteiger partial charge in [-0.25, -0.2) is 4.39 Å². The van der Waals surface area contributed by atoms with E-state index in [1.165, 1.54) is 49.6 Å². The summed E-state index contributed by atoms with van der Waals surface area (Å²) in [4.78, 5) is 71.9. The fourth-order valence-electron chi connectivity index (χ4n) is 7.13. The number of ether oxygens (including phenoxy) is 1. The molecule has 0 bridgehead atoms. The van der Waals surface area contributed by atoms with Crippen LogP contribution in [0, 0.1) is 17.7 Å². The summed E-state index contributed by atoms with van der Waals surface area (Å²) in [6, 6.07) is 13.2. The molecular weight excluding hydrogens is 760 g/mol. The minimum absolute atomic E-state index is 0.0411. The van der Waals surface area contributed by atoms with Gasteiger partial charge in [-0.3, -0.25) is 34.8 Å². The number of aromatic amines is 1. The van der Waals surface area contributed by atoms with E-state index in [4.69, 9.17) is 4.74 Å². The van der Waals surface area contributed by atoms with Gasteiger partial charge < -0.3 is 25.7 Å². The Labute approximate surface area is 333 Å². The molecule has 0 radical (unpaired) electrons. The number of aromatic nitrogens is 1. The van der Waals surface area contributed by atoms with Gasteiger partial charge in [-0.2, -0.15) is 13.2 Å². The molecule has 16 heteroatoms. The van der Waals surface area contributed by atoms with Gasteiger partial charge in [0.25, 0.3) is 11.8 Å². The first kappa shape index (κ1) is 43.2. The molecule has 0 saturated carbocycles. The van der Waals surface area contributed by atoms with Gasteiger partial charge in [0.2, 0.25) is 17.7 Å². The van der Waals surface area contributed by atoms with E-state index in [0.29, 0.717) is 29.8 Å². The number of hydrazine groups is 1. The summed E-state index contributed by atoms with van der Waals surface area (Å²) in [7, 11) is 1.44. The normalized spacial score (nSPS) is 17.2. The van der Waals surface area contributed by atoms with Crippen LogP contribution in [0.4, 0.5) is 17.6 Å². The first-order valence-electron chi connectivity index (χ1n) is 19.1. The molecule has 310 valence electrons. The van der Waals surface area contributed by atoms with Crippen molar-refractivity contribution in [2.24, 2.45) is 11.8 Å². The predicted octanol–water partition coefficient (Wildman–Crippen LogP) is 5.44. The number of methoxy groups -OCH3 is 1. The zero-order valence-electron chi connectivity index (χ0n) is 32.9. The van der Waals surface area contributed by atoms with Crippen LogP contribution in [-0.4, -0.2) is 59.3 Å². The molecule has 5 rings (SSSR count). The highest BCUT2D eigenvalue weighted by Gasteiger charge is 2.47.